The van der Waals surface area contributed by atoms with Crippen LogP contribution in [-0.4, -0.2) is 22.6 Å². The van der Waals surface area contributed by atoms with Gasteiger partial charge in [0.05, 0.1) is 19.9 Å². The predicted octanol–water partition coefficient (Wildman–Crippen LogP) is 3.66. The fraction of sp³-hybridized carbons (Fsp3) is 0.111. The zero-order chi connectivity index (χ0) is 17.2. The second-order valence-electron chi connectivity index (χ2n) is 5.15. The Kier molecular flexibility index (Phi) is 4.31. The monoisotopic (exact) mass is 343 g/mol. The topological polar surface area (TPSA) is 64.6 Å². The molecule has 0 heterocycles. The van der Waals surface area contributed by atoms with E-state index in [-0.39, 0.29) is 10.6 Å². The molecule has 1 N–H and O–H groups in total. The number of hydrogen-bond acceptors (Lipinski definition) is 4. The van der Waals surface area contributed by atoms with Crippen molar-refractivity contribution in [3.8, 4) is 11.5 Å². The molecule has 5 nitrogen and oxygen atoms in total. The van der Waals surface area contributed by atoms with E-state index in [0.717, 1.165) is 10.8 Å². The number of sulfonamides is 1. The van der Waals surface area contributed by atoms with Crippen molar-refractivity contribution in [1.82, 2.24) is 0 Å². The van der Waals surface area contributed by atoms with Crippen LogP contribution < -0.4 is 14.2 Å². The van der Waals surface area contributed by atoms with Gasteiger partial charge in [0.15, 0.2) is 0 Å². The molecule has 0 aliphatic carbocycles. The van der Waals surface area contributed by atoms with Gasteiger partial charge in [0.1, 0.15) is 16.4 Å². The lowest BCUT2D eigenvalue weighted by Gasteiger charge is -2.14. The lowest BCUT2D eigenvalue weighted by Crippen LogP contribution is -2.14. The van der Waals surface area contributed by atoms with Gasteiger partial charge in [-0.15, -0.1) is 0 Å². The third kappa shape index (κ3) is 3.00. The first kappa shape index (κ1) is 16.1. The average Bonchev–Trinajstić information content (AvgIpc) is 2.61. The Morgan fingerprint density at radius 2 is 1.62 bits per heavy atom. The number of nitrogens with one attached hydrogen (secondary N) is 1. The van der Waals surface area contributed by atoms with Crippen molar-refractivity contribution in [2.24, 2.45) is 0 Å². The maximum atomic E-state index is 12.8. The Hall–Kier alpha value is -2.73. The quantitative estimate of drug-likeness (QED) is 0.768. The Balaban J connectivity index is 2.05. The highest BCUT2D eigenvalue weighted by Crippen LogP contribution is 2.31. The number of hydrogen-bond donors (Lipinski definition) is 1. The van der Waals surface area contributed by atoms with Crippen molar-refractivity contribution in [2.45, 2.75) is 4.90 Å². The molecule has 6 heteroatoms. The third-order valence-electron chi connectivity index (χ3n) is 3.69. The van der Waals surface area contributed by atoms with E-state index in [1.54, 1.807) is 12.1 Å². The normalized spacial score (nSPS) is 11.2. The molecule has 3 aromatic carbocycles. The molecule has 0 bridgehead atoms. The second-order valence-corrected chi connectivity index (χ2v) is 6.80. The Morgan fingerprint density at radius 3 is 2.38 bits per heavy atom. The van der Waals surface area contributed by atoms with Gasteiger partial charge in [0.2, 0.25) is 0 Å². The summed E-state index contributed by atoms with van der Waals surface area (Å²) in [6.45, 7) is 0. The van der Waals surface area contributed by atoms with Gasteiger partial charge in [0.25, 0.3) is 10.0 Å². The first-order valence-corrected chi connectivity index (χ1v) is 8.76. The van der Waals surface area contributed by atoms with E-state index in [0.29, 0.717) is 11.4 Å². The first-order chi connectivity index (χ1) is 11.5. The van der Waals surface area contributed by atoms with Gasteiger partial charge in [-0.05, 0) is 23.6 Å². The van der Waals surface area contributed by atoms with Gasteiger partial charge in [-0.25, -0.2) is 8.42 Å². The van der Waals surface area contributed by atoms with Crippen molar-refractivity contribution in [1.29, 1.82) is 0 Å². The second kappa shape index (κ2) is 6.41. The molecule has 3 rings (SSSR count). The molecule has 124 valence electrons. The lowest BCUT2D eigenvalue weighted by molar-refractivity contribution is 0.386. The Morgan fingerprint density at radius 1 is 0.875 bits per heavy atom. The highest BCUT2D eigenvalue weighted by Gasteiger charge is 2.21. The van der Waals surface area contributed by atoms with Crippen molar-refractivity contribution < 1.29 is 17.9 Å². The summed E-state index contributed by atoms with van der Waals surface area (Å²) in [6, 6.07) is 17.6. The molecule has 24 heavy (non-hydrogen) atoms. The molecule has 0 saturated heterocycles. The van der Waals surface area contributed by atoms with Crippen molar-refractivity contribution in [3.05, 3.63) is 60.7 Å². The molecule has 0 saturated carbocycles. The maximum Gasteiger partial charge on any atom is 0.265 e. The van der Waals surface area contributed by atoms with E-state index in [9.17, 15) is 8.42 Å². The summed E-state index contributed by atoms with van der Waals surface area (Å²) in [6.07, 6.45) is 0. The van der Waals surface area contributed by atoms with E-state index in [1.165, 1.54) is 26.4 Å². The highest BCUT2D eigenvalue weighted by molar-refractivity contribution is 7.92. The van der Waals surface area contributed by atoms with Gasteiger partial charge in [0, 0.05) is 11.5 Å². The van der Waals surface area contributed by atoms with Crippen LogP contribution in [0.3, 0.4) is 0 Å². The van der Waals surface area contributed by atoms with Crippen molar-refractivity contribution in [2.75, 3.05) is 18.9 Å². The SMILES string of the molecule is COc1ccc(S(=O)(=O)Nc2cccc3ccccc23)c(OC)c1. The van der Waals surface area contributed by atoms with E-state index in [2.05, 4.69) is 4.72 Å². The van der Waals surface area contributed by atoms with Crippen LogP contribution in [0.1, 0.15) is 0 Å². The Bertz CT molecular complexity index is 978. The number of benzene rings is 3. The molecule has 0 aromatic heterocycles. The van der Waals surface area contributed by atoms with Gasteiger partial charge < -0.3 is 9.47 Å². The summed E-state index contributed by atoms with van der Waals surface area (Å²) < 4.78 is 38.5. The maximum absolute atomic E-state index is 12.8. The number of methoxy groups -OCH3 is 2. The van der Waals surface area contributed by atoms with E-state index < -0.39 is 10.0 Å². The molecule has 0 aliphatic heterocycles. The molecule has 0 aliphatic rings. The molecule has 0 radical (unpaired) electrons. The van der Waals surface area contributed by atoms with E-state index in [4.69, 9.17) is 9.47 Å². The molecule has 0 unspecified atom stereocenters. The van der Waals surface area contributed by atoms with Crippen molar-refractivity contribution in [3.63, 3.8) is 0 Å². The van der Waals surface area contributed by atoms with E-state index in [1.807, 2.05) is 36.4 Å². The zero-order valence-electron chi connectivity index (χ0n) is 13.3. The third-order valence-corrected chi connectivity index (χ3v) is 5.10. The van der Waals surface area contributed by atoms with Crippen molar-refractivity contribution >= 4 is 26.5 Å². The minimum absolute atomic E-state index is 0.0544. The summed E-state index contributed by atoms with van der Waals surface area (Å²) in [5.74, 6) is 0.748. The minimum atomic E-state index is -3.80. The van der Waals surface area contributed by atoms with Crippen LogP contribution in [0.2, 0.25) is 0 Å². The van der Waals surface area contributed by atoms with Crippen LogP contribution in [-0.2, 0) is 10.0 Å². The number of rotatable bonds is 5. The summed E-state index contributed by atoms with van der Waals surface area (Å²) in [4.78, 5) is 0.0544. The first-order valence-electron chi connectivity index (χ1n) is 7.28. The fourth-order valence-corrected chi connectivity index (χ4v) is 3.74. The molecule has 0 fully saturated rings. The van der Waals surface area contributed by atoms with Gasteiger partial charge in [-0.2, -0.15) is 0 Å². The predicted molar refractivity (Wildman–Crippen MR) is 94.3 cm³/mol. The fourth-order valence-electron chi connectivity index (χ4n) is 2.51. The molecular weight excluding hydrogens is 326 g/mol. The van der Waals surface area contributed by atoms with Crippen LogP contribution in [0.4, 0.5) is 5.69 Å². The standard InChI is InChI=1S/C18H17NO4S/c1-22-14-10-11-18(17(12-14)23-2)24(20,21)19-16-9-5-7-13-6-3-4-8-15(13)16/h3-12,19H,1-2H3. The van der Waals surface area contributed by atoms with E-state index >= 15 is 0 Å². The minimum Gasteiger partial charge on any atom is -0.497 e. The van der Waals surface area contributed by atoms with Gasteiger partial charge >= 0.3 is 0 Å². The molecular formula is C18H17NO4S. The number of fused-ring (bicyclic) bond motifs is 1. The molecule has 0 atom stereocenters. The van der Waals surface area contributed by atoms with Crippen LogP contribution in [0.15, 0.2) is 65.6 Å². The number of anilines is 1. The van der Waals surface area contributed by atoms with Gasteiger partial charge in [-0.3, -0.25) is 4.72 Å². The van der Waals surface area contributed by atoms with Crippen LogP contribution in [0.5, 0.6) is 11.5 Å². The zero-order valence-corrected chi connectivity index (χ0v) is 14.1. The summed E-state index contributed by atoms with van der Waals surface area (Å²) in [7, 11) is -0.870. The molecule has 0 amide bonds. The van der Waals surface area contributed by atoms with Gasteiger partial charge in [-0.1, -0.05) is 36.4 Å². The average molecular weight is 343 g/mol. The Labute approximate surface area is 140 Å². The largest absolute Gasteiger partial charge is 0.497 e. The molecule has 3 aromatic rings. The summed E-state index contributed by atoms with van der Waals surface area (Å²) in [5.41, 5.74) is 0.519. The lowest BCUT2D eigenvalue weighted by atomic mass is 10.1. The smallest absolute Gasteiger partial charge is 0.265 e. The van der Waals surface area contributed by atoms with Crippen LogP contribution in [0.25, 0.3) is 10.8 Å². The van der Waals surface area contributed by atoms with Crippen LogP contribution >= 0.6 is 0 Å². The summed E-state index contributed by atoms with van der Waals surface area (Å²) in [5, 5.41) is 1.79. The summed E-state index contributed by atoms with van der Waals surface area (Å²) >= 11 is 0. The van der Waals surface area contributed by atoms with Crippen LogP contribution in [0, 0.1) is 0 Å². The molecule has 0 spiro atoms. The highest BCUT2D eigenvalue weighted by atomic mass is 32.2. The number of ether oxygens (including phenoxy) is 2.